The van der Waals surface area contributed by atoms with E-state index < -0.39 is 11.8 Å². The second-order valence-electron chi connectivity index (χ2n) is 3.58. The third-order valence-electron chi connectivity index (χ3n) is 2.15. The monoisotopic (exact) mass is 252 g/mol. The molecule has 1 aromatic carbocycles. The quantitative estimate of drug-likeness (QED) is 0.375. The van der Waals surface area contributed by atoms with Gasteiger partial charge in [0.05, 0.1) is 23.5 Å². The van der Waals surface area contributed by atoms with Gasteiger partial charge in [0.15, 0.2) is 0 Å². The molecular formula is C11H16N4O3. The number of hydrogen-bond acceptors (Lipinski definition) is 5. The minimum Gasteiger partial charge on any atom is -0.397 e. The molecule has 0 aliphatic rings. The van der Waals surface area contributed by atoms with Crippen LogP contribution >= 0.6 is 0 Å². The van der Waals surface area contributed by atoms with E-state index >= 15 is 0 Å². The SMILES string of the molecule is NC(=O)COCCNc1c(N)cccc1C(N)=O. The first-order valence-corrected chi connectivity index (χ1v) is 5.30. The lowest BCUT2D eigenvalue weighted by atomic mass is 10.1. The van der Waals surface area contributed by atoms with Gasteiger partial charge in [0.2, 0.25) is 5.91 Å². The summed E-state index contributed by atoms with van der Waals surface area (Å²) in [6, 6.07) is 4.87. The molecule has 7 heteroatoms. The number of carbonyl (C=O) groups is 2. The number of para-hydroxylation sites is 1. The molecular weight excluding hydrogens is 236 g/mol. The number of nitrogen functional groups attached to an aromatic ring is 1. The Morgan fingerprint density at radius 2 is 2.00 bits per heavy atom. The van der Waals surface area contributed by atoms with Crippen LogP contribution in [0.1, 0.15) is 10.4 Å². The standard InChI is InChI=1S/C11H16N4O3/c12-8-3-1-2-7(11(14)17)10(8)15-4-5-18-6-9(13)16/h1-3,15H,4-6,12H2,(H2,13,16)(H2,14,17). The summed E-state index contributed by atoms with van der Waals surface area (Å²) in [5.41, 5.74) is 17.1. The first kappa shape index (κ1) is 13.8. The largest absolute Gasteiger partial charge is 0.397 e. The van der Waals surface area contributed by atoms with Gasteiger partial charge in [-0.1, -0.05) is 6.07 Å². The van der Waals surface area contributed by atoms with E-state index in [0.717, 1.165) is 0 Å². The average Bonchev–Trinajstić information content (AvgIpc) is 2.29. The molecule has 7 N–H and O–H groups in total. The Bertz CT molecular complexity index is 448. The summed E-state index contributed by atoms with van der Waals surface area (Å²) in [4.78, 5) is 21.6. The molecule has 0 aromatic heterocycles. The highest BCUT2D eigenvalue weighted by Gasteiger charge is 2.10. The van der Waals surface area contributed by atoms with Gasteiger partial charge in [-0.25, -0.2) is 0 Å². The molecule has 0 fully saturated rings. The lowest BCUT2D eigenvalue weighted by Crippen LogP contribution is -2.21. The van der Waals surface area contributed by atoms with Crippen LogP contribution in [0.2, 0.25) is 0 Å². The Labute approximate surface area is 104 Å². The number of nitrogens with two attached hydrogens (primary N) is 3. The first-order valence-electron chi connectivity index (χ1n) is 5.30. The maximum atomic E-state index is 11.2. The smallest absolute Gasteiger partial charge is 0.250 e. The van der Waals surface area contributed by atoms with Crippen molar-refractivity contribution >= 4 is 23.2 Å². The van der Waals surface area contributed by atoms with Crippen LogP contribution in [0.5, 0.6) is 0 Å². The second-order valence-corrected chi connectivity index (χ2v) is 3.58. The van der Waals surface area contributed by atoms with Gasteiger partial charge in [-0.2, -0.15) is 0 Å². The number of primary amides is 2. The Balaban J connectivity index is 2.56. The third kappa shape index (κ3) is 3.95. The summed E-state index contributed by atoms with van der Waals surface area (Å²) in [6.07, 6.45) is 0. The zero-order valence-corrected chi connectivity index (χ0v) is 9.81. The average molecular weight is 252 g/mol. The first-order chi connectivity index (χ1) is 8.52. The number of amides is 2. The van der Waals surface area contributed by atoms with Crippen LogP contribution in [0.4, 0.5) is 11.4 Å². The molecule has 0 spiro atoms. The van der Waals surface area contributed by atoms with Crippen LogP contribution in [0, 0.1) is 0 Å². The van der Waals surface area contributed by atoms with Crippen molar-refractivity contribution in [3.05, 3.63) is 23.8 Å². The molecule has 1 aromatic rings. The van der Waals surface area contributed by atoms with E-state index in [0.29, 0.717) is 23.5 Å². The van der Waals surface area contributed by atoms with Crippen molar-refractivity contribution in [2.75, 3.05) is 30.8 Å². The lowest BCUT2D eigenvalue weighted by molar-refractivity contribution is -0.122. The molecule has 98 valence electrons. The van der Waals surface area contributed by atoms with Crippen LogP contribution in [0.15, 0.2) is 18.2 Å². The second kappa shape index (κ2) is 6.45. The minimum absolute atomic E-state index is 0.144. The number of benzene rings is 1. The van der Waals surface area contributed by atoms with Gasteiger partial charge >= 0.3 is 0 Å². The molecule has 2 amide bonds. The molecule has 0 saturated carbocycles. The molecule has 0 aliphatic heterocycles. The van der Waals surface area contributed by atoms with Crippen molar-refractivity contribution in [1.82, 2.24) is 0 Å². The Hall–Kier alpha value is -2.28. The normalized spacial score (nSPS) is 10.0. The third-order valence-corrected chi connectivity index (χ3v) is 2.15. The summed E-state index contributed by atoms with van der Waals surface area (Å²) in [6.45, 7) is 0.492. The summed E-state index contributed by atoms with van der Waals surface area (Å²) < 4.78 is 4.96. The molecule has 0 heterocycles. The topological polar surface area (TPSA) is 133 Å². The van der Waals surface area contributed by atoms with Crippen molar-refractivity contribution in [2.24, 2.45) is 11.5 Å². The predicted octanol–water partition coefficient (Wildman–Crippen LogP) is -0.718. The van der Waals surface area contributed by atoms with Gasteiger partial charge in [0.1, 0.15) is 6.61 Å². The zero-order valence-electron chi connectivity index (χ0n) is 9.81. The molecule has 0 saturated heterocycles. The fraction of sp³-hybridized carbons (Fsp3) is 0.273. The number of rotatable bonds is 7. The Morgan fingerprint density at radius 3 is 2.61 bits per heavy atom. The number of anilines is 2. The van der Waals surface area contributed by atoms with Crippen LogP contribution in [-0.4, -0.2) is 31.6 Å². The molecule has 0 atom stereocenters. The lowest BCUT2D eigenvalue weighted by Gasteiger charge is -2.12. The van der Waals surface area contributed by atoms with E-state index in [4.69, 9.17) is 21.9 Å². The van der Waals surface area contributed by atoms with Gasteiger partial charge in [-0.3, -0.25) is 9.59 Å². The van der Waals surface area contributed by atoms with E-state index in [1.54, 1.807) is 18.2 Å². The molecule has 0 radical (unpaired) electrons. The van der Waals surface area contributed by atoms with Crippen molar-refractivity contribution in [2.45, 2.75) is 0 Å². The summed E-state index contributed by atoms with van der Waals surface area (Å²) in [5, 5.41) is 2.93. The molecule has 7 nitrogen and oxygen atoms in total. The fourth-order valence-corrected chi connectivity index (χ4v) is 1.39. The number of nitrogens with one attached hydrogen (secondary N) is 1. The highest BCUT2D eigenvalue weighted by molar-refractivity contribution is 6.01. The van der Waals surface area contributed by atoms with Crippen molar-refractivity contribution in [1.29, 1.82) is 0 Å². The summed E-state index contributed by atoms with van der Waals surface area (Å²) in [5.74, 6) is -1.10. The molecule has 0 bridgehead atoms. The molecule has 18 heavy (non-hydrogen) atoms. The fourth-order valence-electron chi connectivity index (χ4n) is 1.39. The van der Waals surface area contributed by atoms with Gasteiger partial charge < -0.3 is 27.3 Å². The van der Waals surface area contributed by atoms with E-state index in [9.17, 15) is 9.59 Å². The Morgan fingerprint density at radius 1 is 1.28 bits per heavy atom. The zero-order chi connectivity index (χ0) is 13.5. The summed E-state index contributed by atoms with van der Waals surface area (Å²) in [7, 11) is 0. The molecule has 1 rings (SSSR count). The van der Waals surface area contributed by atoms with Gasteiger partial charge in [0, 0.05) is 6.54 Å². The van der Waals surface area contributed by atoms with Crippen LogP contribution in [0.25, 0.3) is 0 Å². The summed E-state index contributed by atoms with van der Waals surface area (Å²) >= 11 is 0. The van der Waals surface area contributed by atoms with Crippen LogP contribution in [0.3, 0.4) is 0 Å². The highest BCUT2D eigenvalue weighted by atomic mass is 16.5. The van der Waals surface area contributed by atoms with E-state index in [1.807, 2.05) is 0 Å². The number of carbonyl (C=O) groups excluding carboxylic acids is 2. The predicted molar refractivity (Wildman–Crippen MR) is 67.9 cm³/mol. The number of ether oxygens (including phenoxy) is 1. The minimum atomic E-state index is -0.567. The van der Waals surface area contributed by atoms with Crippen LogP contribution in [-0.2, 0) is 9.53 Å². The highest BCUT2D eigenvalue weighted by Crippen LogP contribution is 2.22. The van der Waals surface area contributed by atoms with E-state index in [2.05, 4.69) is 5.32 Å². The van der Waals surface area contributed by atoms with Gasteiger partial charge in [-0.15, -0.1) is 0 Å². The van der Waals surface area contributed by atoms with Gasteiger partial charge in [-0.05, 0) is 12.1 Å². The van der Waals surface area contributed by atoms with E-state index in [1.165, 1.54) is 0 Å². The maximum Gasteiger partial charge on any atom is 0.250 e. The Kier molecular flexibility index (Phi) is 4.94. The van der Waals surface area contributed by atoms with Crippen molar-refractivity contribution in [3.8, 4) is 0 Å². The van der Waals surface area contributed by atoms with Crippen LogP contribution < -0.4 is 22.5 Å². The molecule has 0 aliphatic carbocycles. The maximum absolute atomic E-state index is 11.2. The van der Waals surface area contributed by atoms with E-state index in [-0.39, 0.29) is 13.2 Å². The molecule has 0 unspecified atom stereocenters. The van der Waals surface area contributed by atoms with Gasteiger partial charge in [0.25, 0.3) is 5.91 Å². The van der Waals surface area contributed by atoms with Crippen molar-refractivity contribution in [3.63, 3.8) is 0 Å². The number of hydrogen-bond donors (Lipinski definition) is 4. The van der Waals surface area contributed by atoms with Crippen molar-refractivity contribution < 1.29 is 14.3 Å².